The minimum absolute atomic E-state index is 0.133. The Bertz CT molecular complexity index is 774. The molecule has 0 aliphatic heterocycles. The lowest BCUT2D eigenvalue weighted by atomic mass is 9.65. The summed E-state index contributed by atoms with van der Waals surface area (Å²) in [5.74, 6) is 0. The summed E-state index contributed by atoms with van der Waals surface area (Å²) in [7, 11) is 0. The van der Waals surface area contributed by atoms with Gasteiger partial charge < -0.3 is 4.74 Å². The van der Waals surface area contributed by atoms with E-state index in [0.29, 0.717) is 0 Å². The molecule has 1 fully saturated rings. The molecule has 0 N–H and O–H groups in total. The molecular formula is C21H20F6O. The standard InChI is InChI=1S/C21H20F6O/c1-14(28-13-19(8-5-9-19)16-6-3-2-4-7-16)15-10-17(20(22,23)24)12-18(11-15)21(25,26)27/h2-4,6-7,10-12,14H,5,8-9,13H2,1H3/t14-/m1/s1. The van der Waals surface area contributed by atoms with Crippen LogP contribution in [0.2, 0.25) is 0 Å². The fourth-order valence-corrected chi connectivity index (χ4v) is 3.51. The van der Waals surface area contributed by atoms with Crippen molar-refractivity contribution in [2.45, 2.75) is 50.1 Å². The maximum atomic E-state index is 13.1. The van der Waals surface area contributed by atoms with Gasteiger partial charge in [0.05, 0.1) is 23.8 Å². The summed E-state index contributed by atoms with van der Waals surface area (Å²) in [6, 6.07) is 11.2. The smallest absolute Gasteiger partial charge is 0.373 e. The number of hydrogen-bond acceptors (Lipinski definition) is 1. The topological polar surface area (TPSA) is 9.23 Å². The summed E-state index contributed by atoms with van der Waals surface area (Å²) in [5, 5.41) is 0. The molecule has 0 bridgehead atoms. The summed E-state index contributed by atoms with van der Waals surface area (Å²) in [6.45, 7) is 1.72. The molecule has 1 aliphatic carbocycles. The molecule has 1 saturated carbocycles. The number of alkyl halides is 6. The number of rotatable bonds is 5. The van der Waals surface area contributed by atoms with Crippen LogP contribution in [0.4, 0.5) is 26.3 Å². The first kappa shape index (κ1) is 20.7. The molecule has 0 amide bonds. The Hall–Kier alpha value is -2.02. The summed E-state index contributed by atoms with van der Waals surface area (Å²) < 4.78 is 84.1. The SMILES string of the molecule is C[C@@H](OCC1(c2ccccc2)CCC1)c1cc(C(F)(F)F)cc(C(F)(F)F)c1. The third-order valence-electron chi connectivity index (χ3n) is 5.39. The van der Waals surface area contributed by atoms with Crippen molar-refractivity contribution in [3.63, 3.8) is 0 Å². The summed E-state index contributed by atoms with van der Waals surface area (Å²) in [4.78, 5) is 0. The van der Waals surface area contributed by atoms with E-state index in [1.807, 2.05) is 30.3 Å². The highest BCUT2D eigenvalue weighted by Crippen LogP contribution is 2.45. The number of benzene rings is 2. The Morgan fingerprint density at radius 3 is 1.86 bits per heavy atom. The minimum Gasteiger partial charge on any atom is -0.373 e. The molecule has 152 valence electrons. The predicted octanol–water partition coefficient (Wildman–Crippen LogP) is 6.92. The van der Waals surface area contributed by atoms with Crippen LogP contribution in [0.25, 0.3) is 0 Å². The second-order valence-electron chi connectivity index (χ2n) is 7.29. The second kappa shape index (κ2) is 7.43. The van der Waals surface area contributed by atoms with Gasteiger partial charge in [-0.1, -0.05) is 36.8 Å². The average Bonchev–Trinajstić information content (AvgIpc) is 2.59. The predicted molar refractivity (Wildman–Crippen MR) is 92.8 cm³/mol. The van der Waals surface area contributed by atoms with E-state index in [1.165, 1.54) is 6.92 Å². The van der Waals surface area contributed by atoms with E-state index < -0.39 is 29.6 Å². The Labute approximate surface area is 159 Å². The average molecular weight is 402 g/mol. The molecule has 1 aliphatic rings. The van der Waals surface area contributed by atoms with Crippen LogP contribution in [0, 0.1) is 0 Å². The summed E-state index contributed by atoms with van der Waals surface area (Å²) >= 11 is 0. The van der Waals surface area contributed by atoms with Gasteiger partial charge in [0.2, 0.25) is 0 Å². The molecule has 0 spiro atoms. The van der Waals surface area contributed by atoms with Crippen molar-refractivity contribution >= 4 is 0 Å². The van der Waals surface area contributed by atoms with Crippen molar-refractivity contribution in [3.8, 4) is 0 Å². The lowest BCUT2D eigenvalue weighted by Gasteiger charge is -2.43. The molecular weight excluding hydrogens is 382 g/mol. The number of halogens is 6. The Morgan fingerprint density at radius 2 is 1.43 bits per heavy atom. The van der Waals surface area contributed by atoms with Crippen LogP contribution < -0.4 is 0 Å². The van der Waals surface area contributed by atoms with E-state index in [0.717, 1.165) is 37.0 Å². The molecule has 2 aromatic carbocycles. The van der Waals surface area contributed by atoms with Crippen LogP contribution >= 0.6 is 0 Å². The first-order chi connectivity index (χ1) is 13.0. The van der Waals surface area contributed by atoms with E-state index in [1.54, 1.807) is 0 Å². The van der Waals surface area contributed by atoms with Crippen molar-refractivity contribution in [3.05, 3.63) is 70.8 Å². The number of ether oxygens (including phenoxy) is 1. The second-order valence-corrected chi connectivity index (χ2v) is 7.29. The van der Waals surface area contributed by atoms with Gasteiger partial charge in [-0.2, -0.15) is 26.3 Å². The van der Waals surface area contributed by atoms with E-state index >= 15 is 0 Å². The normalized spacial score (nSPS) is 17.8. The molecule has 0 saturated heterocycles. The largest absolute Gasteiger partial charge is 0.416 e. The highest BCUT2D eigenvalue weighted by molar-refractivity contribution is 5.35. The fourth-order valence-electron chi connectivity index (χ4n) is 3.51. The molecule has 28 heavy (non-hydrogen) atoms. The lowest BCUT2D eigenvalue weighted by Crippen LogP contribution is -2.39. The Morgan fingerprint density at radius 1 is 0.893 bits per heavy atom. The molecule has 0 radical (unpaired) electrons. The van der Waals surface area contributed by atoms with E-state index in [-0.39, 0.29) is 23.7 Å². The molecule has 0 aromatic heterocycles. The van der Waals surface area contributed by atoms with Gasteiger partial charge >= 0.3 is 12.4 Å². The van der Waals surface area contributed by atoms with Gasteiger partial charge in [0.1, 0.15) is 0 Å². The van der Waals surface area contributed by atoms with E-state index in [4.69, 9.17) is 4.74 Å². The Kier molecular flexibility index (Phi) is 5.49. The van der Waals surface area contributed by atoms with Gasteiger partial charge in [0.25, 0.3) is 0 Å². The highest BCUT2D eigenvalue weighted by atomic mass is 19.4. The Balaban J connectivity index is 1.83. The maximum absolute atomic E-state index is 13.1. The van der Waals surface area contributed by atoms with Crippen LogP contribution in [0.15, 0.2) is 48.5 Å². The third kappa shape index (κ3) is 4.35. The van der Waals surface area contributed by atoms with Gasteiger partial charge in [-0.15, -0.1) is 0 Å². The van der Waals surface area contributed by atoms with E-state index in [2.05, 4.69) is 0 Å². The molecule has 7 heteroatoms. The van der Waals surface area contributed by atoms with Gasteiger partial charge in [-0.3, -0.25) is 0 Å². The van der Waals surface area contributed by atoms with Gasteiger partial charge in [-0.05, 0) is 49.1 Å². The highest BCUT2D eigenvalue weighted by Gasteiger charge is 2.40. The van der Waals surface area contributed by atoms with Crippen molar-refractivity contribution in [2.24, 2.45) is 0 Å². The molecule has 1 nitrogen and oxygen atoms in total. The molecule has 2 aromatic rings. The summed E-state index contributed by atoms with van der Waals surface area (Å²) in [5.41, 5.74) is -1.94. The zero-order valence-corrected chi connectivity index (χ0v) is 15.2. The van der Waals surface area contributed by atoms with Gasteiger partial charge in [-0.25, -0.2) is 0 Å². The monoisotopic (exact) mass is 402 g/mol. The van der Waals surface area contributed by atoms with Gasteiger partial charge in [0.15, 0.2) is 0 Å². The van der Waals surface area contributed by atoms with Crippen molar-refractivity contribution in [2.75, 3.05) is 6.61 Å². The van der Waals surface area contributed by atoms with Crippen LogP contribution in [0.5, 0.6) is 0 Å². The first-order valence-electron chi connectivity index (χ1n) is 8.98. The molecule has 0 unspecified atom stereocenters. The molecule has 1 atom stereocenters. The zero-order valence-electron chi connectivity index (χ0n) is 15.2. The third-order valence-corrected chi connectivity index (χ3v) is 5.39. The van der Waals surface area contributed by atoms with Crippen LogP contribution in [0.1, 0.15) is 54.5 Å². The maximum Gasteiger partial charge on any atom is 0.416 e. The van der Waals surface area contributed by atoms with Crippen molar-refractivity contribution in [1.82, 2.24) is 0 Å². The first-order valence-corrected chi connectivity index (χ1v) is 8.98. The summed E-state index contributed by atoms with van der Waals surface area (Å²) in [6.07, 6.45) is -7.87. The van der Waals surface area contributed by atoms with Crippen molar-refractivity contribution < 1.29 is 31.1 Å². The van der Waals surface area contributed by atoms with Crippen LogP contribution in [-0.2, 0) is 22.5 Å². The lowest BCUT2D eigenvalue weighted by molar-refractivity contribution is -0.143. The quantitative estimate of drug-likeness (QED) is 0.493. The van der Waals surface area contributed by atoms with Crippen LogP contribution in [0.3, 0.4) is 0 Å². The van der Waals surface area contributed by atoms with Crippen LogP contribution in [-0.4, -0.2) is 6.61 Å². The zero-order chi connectivity index (χ0) is 20.6. The minimum atomic E-state index is -4.87. The van der Waals surface area contributed by atoms with Crippen molar-refractivity contribution in [1.29, 1.82) is 0 Å². The number of hydrogen-bond donors (Lipinski definition) is 0. The molecule has 3 rings (SSSR count). The fraction of sp³-hybridized carbons (Fsp3) is 0.429. The molecule has 0 heterocycles. The van der Waals surface area contributed by atoms with Gasteiger partial charge in [0, 0.05) is 5.41 Å². The van der Waals surface area contributed by atoms with E-state index in [9.17, 15) is 26.3 Å².